The lowest BCUT2D eigenvalue weighted by Gasteiger charge is -2.29. The average Bonchev–Trinajstić information content (AvgIpc) is 2.75. The summed E-state index contributed by atoms with van der Waals surface area (Å²) >= 11 is 0. The lowest BCUT2D eigenvalue weighted by Crippen LogP contribution is -2.52. The molecule has 0 saturated carbocycles. The highest BCUT2D eigenvalue weighted by atomic mass is 16.2. The highest BCUT2D eigenvalue weighted by molar-refractivity contribution is 5.86. The predicted octanol–water partition coefficient (Wildman–Crippen LogP) is 2.85. The molecule has 1 amide bonds. The van der Waals surface area contributed by atoms with Crippen molar-refractivity contribution >= 4 is 5.91 Å². The third-order valence-electron chi connectivity index (χ3n) is 4.05. The van der Waals surface area contributed by atoms with E-state index in [4.69, 9.17) is 0 Å². The zero-order valence-electron chi connectivity index (χ0n) is 12.6. The fourth-order valence-electron chi connectivity index (χ4n) is 2.54. The zero-order chi connectivity index (χ0) is 13.6. The van der Waals surface area contributed by atoms with Gasteiger partial charge in [-0.1, -0.05) is 40.0 Å². The number of amides is 1. The largest absolute Gasteiger partial charge is 0.354 e. The van der Waals surface area contributed by atoms with Crippen LogP contribution in [0.25, 0.3) is 0 Å². The highest BCUT2D eigenvalue weighted by Gasteiger charge is 2.36. The first-order chi connectivity index (χ1) is 8.40. The fraction of sp³-hybridized carbons (Fsp3) is 0.933. The molecule has 1 rings (SSSR count). The van der Waals surface area contributed by atoms with Crippen molar-refractivity contribution in [3.63, 3.8) is 0 Å². The monoisotopic (exact) mass is 254 g/mol. The molecule has 18 heavy (non-hydrogen) atoms. The van der Waals surface area contributed by atoms with Gasteiger partial charge in [-0.25, -0.2) is 0 Å². The fourth-order valence-corrected chi connectivity index (χ4v) is 2.54. The molecule has 1 unspecified atom stereocenters. The molecule has 1 aliphatic heterocycles. The molecule has 2 N–H and O–H groups in total. The van der Waals surface area contributed by atoms with Crippen LogP contribution in [-0.2, 0) is 4.79 Å². The van der Waals surface area contributed by atoms with Crippen LogP contribution >= 0.6 is 0 Å². The average molecular weight is 254 g/mol. The Labute approximate surface area is 112 Å². The van der Waals surface area contributed by atoms with Crippen molar-refractivity contribution in [1.82, 2.24) is 10.6 Å². The smallest absolute Gasteiger partial charge is 0.240 e. The second kappa shape index (κ2) is 6.55. The van der Waals surface area contributed by atoms with Crippen LogP contribution in [0.3, 0.4) is 0 Å². The van der Waals surface area contributed by atoms with Crippen LogP contribution in [0, 0.1) is 5.41 Å². The summed E-state index contributed by atoms with van der Waals surface area (Å²) < 4.78 is 0. The molecular formula is C15H30N2O. The van der Waals surface area contributed by atoms with Crippen molar-refractivity contribution in [2.24, 2.45) is 5.41 Å². The van der Waals surface area contributed by atoms with Crippen LogP contribution in [0.1, 0.15) is 66.2 Å². The van der Waals surface area contributed by atoms with E-state index in [-0.39, 0.29) is 16.9 Å². The quantitative estimate of drug-likeness (QED) is 0.686. The van der Waals surface area contributed by atoms with Crippen LogP contribution in [0.5, 0.6) is 0 Å². The minimum atomic E-state index is -0.334. The number of nitrogens with one attached hydrogen (secondary N) is 2. The minimum Gasteiger partial charge on any atom is -0.354 e. The SMILES string of the molecule is CCCCCC(C)(C)CNC(=O)C1(C)CCCN1. The van der Waals surface area contributed by atoms with E-state index in [1.165, 1.54) is 25.7 Å². The topological polar surface area (TPSA) is 41.1 Å². The van der Waals surface area contributed by atoms with Crippen LogP contribution < -0.4 is 10.6 Å². The van der Waals surface area contributed by atoms with Crippen molar-refractivity contribution < 1.29 is 4.79 Å². The van der Waals surface area contributed by atoms with Gasteiger partial charge in [-0.15, -0.1) is 0 Å². The van der Waals surface area contributed by atoms with E-state index >= 15 is 0 Å². The normalized spacial score (nSPS) is 24.2. The van der Waals surface area contributed by atoms with Crippen molar-refractivity contribution in [2.75, 3.05) is 13.1 Å². The van der Waals surface area contributed by atoms with Gasteiger partial charge in [0.2, 0.25) is 5.91 Å². The van der Waals surface area contributed by atoms with Gasteiger partial charge in [0, 0.05) is 6.54 Å². The molecular weight excluding hydrogens is 224 g/mol. The van der Waals surface area contributed by atoms with Gasteiger partial charge in [0.1, 0.15) is 0 Å². The van der Waals surface area contributed by atoms with Gasteiger partial charge >= 0.3 is 0 Å². The first-order valence-corrected chi connectivity index (χ1v) is 7.43. The van der Waals surface area contributed by atoms with Crippen molar-refractivity contribution in [3.8, 4) is 0 Å². The Morgan fingerprint density at radius 3 is 2.67 bits per heavy atom. The van der Waals surface area contributed by atoms with E-state index in [9.17, 15) is 4.79 Å². The molecule has 0 radical (unpaired) electrons. The number of hydrogen-bond donors (Lipinski definition) is 2. The highest BCUT2D eigenvalue weighted by Crippen LogP contribution is 2.24. The lowest BCUT2D eigenvalue weighted by atomic mass is 9.86. The Kier molecular flexibility index (Phi) is 5.64. The molecule has 1 aliphatic rings. The van der Waals surface area contributed by atoms with E-state index in [1.54, 1.807) is 0 Å². The summed E-state index contributed by atoms with van der Waals surface area (Å²) in [6, 6.07) is 0. The molecule has 3 nitrogen and oxygen atoms in total. The van der Waals surface area contributed by atoms with Crippen LogP contribution in [0.2, 0.25) is 0 Å². The van der Waals surface area contributed by atoms with Crippen LogP contribution in [-0.4, -0.2) is 24.5 Å². The maximum Gasteiger partial charge on any atom is 0.240 e. The summed E-state index contributed by atoms with van der Waals surface area (Å²) in [5.74, 6) is 0.170. The van der Waals surface area contributed by atoms with Crippen LogP contribution in [0.4, 0.5) is 0 Å². The number of carbonyl (C=O) groups excluding carboxylic acids is 1. The molecule has 0 bridgehead atoms. The van der Waals surface area contributed by atoms with Crippen molar-refractivity contribution in [2.45, 2.75) is 71.8 Å². The number of carbonyl (C=O) groups is 1. The summed E-state index contributed by atoms with van der Waals surface area (Å²) in [6.45, 7) is 10.5. The molecule has 1 heterocycles. The third-order valence-corrected chi connectivity index (χ3v) is 4.05. The Hall–Kier alpha value is -0.570. The molecule has 1 saturated heterocycles. The summed E-state index contributed by atoms with van der Waals surface area (Å²) in [7, 11) is 0. The Morgan fingerprint density at radius 1 is 1.39 bits per heavy atom. The van der Waals surface area contributed by atoms with E-state index in [0.29, 0.717) is 0 Å². The van der Waals surface area contributed by atoms with Crippen LogP contribution in [0.15, 0.2) is 0 Å². The summed E-state index contributed by atoms with van der Waals surface area (Å²) in [5, 5.41) is 6.44. The van der Waals surface area contributed by atoms with Crippen molar-refractivity contribution in [3.05, 3.63) is 0 Å². The first kappa shape index (κ1) is 15.5. The van der Waals surface area contributed by atoms with E-state index in [1.807, 2.05) is 6.92 Å². The molecule has 0 aromatic heterocycles. The summed E-state index contributed by atoms with van der Waals surface area (Å²) in [6.07, 6.45) is 7.04. The Balaban J connectivity index is 2.32. The van der Waals surface area contributed by atoms with Gasteiger partial charge < -0.3 is 10.6 Å². The van der Waals surface area contributed by atoms with Gasteiger partial charge in [0.15, 0.2) is 0 Å². The Bertz CT molecular complexity index is 268. The zero-order valence-corrected chi connectivity index (χ0v) is 12.6. The molecule has 1 fully saturated rings. The standard InChI is InChI=1S/C15H30N2O/c1-5-6-7-9-14(2,3)12-16-13(18)15(4)10-8-11-17-15/h17H,5-12H2,1-4H3,(H,16,18). The summed E-state index contributed by atoms with van der Waals surface area (Å²) in [5.41, 5.74) is -0.126. The van der Waals surface area contributed by atoms with E-state index in [2.05, 4.69) is 31.4 Å². The van der Waals surface area contributed by atoms with Crippen molar-refractivity contribution in [1.29, 1.82) is 0 Å². The Morgan fingerprint density at radius 2 is 2.11 bits per heavy atom. The maximum absolute atomic E-state index is 12.2. The first-order valence-electron chi connectivity index (χ1n) is 7.43. The molecule has 106 valence electrons. The lowest BCUT2D eigenvalue weighted by molar-refractivity contribution is -0.127. The number of hydrogen-bond acceptors (Lipinski definition) is 2. The van der Waals surface area contributed by atoms with E-state index in [0.717, 1.165) is 25.9 Å². The minimum absolute atomic E-state index is 0.170. The van der Waals surface area contributed by atoms with Gasteiger partial charge in [0.25, 0.3) is 0 Å². The maximum atomic E-state index is 12.2. The van der Waals surface area contributed by atoms with Gasteiger partial charge in [-0.3, -0.25) is 4.79 Å². The van der Waals surface area contributed by atoms with Gasteiger partial charge in [-0.2, -0.15) is 0 Å². The van der Waals surface area contributed by atoms with E-state index < -0.39 is 0 Å². The predicted molar refractivity (Wildman–Crippen MR) is 76.6 cm³/mol. The second-order valence-electron chi connectivity index (χ2n) is 6.67. The second-order valence-corrected chi connectivity index (χ2v) is 6.67. The van der Waals surface area contributed by atoms with Gasteiger partial charge in [-0.05, 0) is 38.1 Å². The molecule has 0 aromatic rings. The molecule has 0 aromatic carbocycles. The summed E-state index contributed by atoms with van der Waals surface area (Å²) in [4.78, 5) is 12.2. The molecule has 0 spiro atoms. The molecule has 0 aliphatic carbocycles. The van der Waals surface area contributed by atoms with Gasteiger partial charge in [0.05, 0.1) is 5.54 Å². The number of unbranched alkanes of at least 4 members (excludes halogenated alkanes) is 2. The molecule has 3 heteroatoms. The molecule has 1 atom stereocenters. The third kappa shape index (κ3) is 4.60. The number of rotatable bonds is 7.